The first-order chi connectivity index (χ1) is 26.8. The molecule has 0 heteroatoms. The lowest BCUT2D eigenvalue weighted by Gasteiger charge is -2.17. The van der Waals surface area contributed by atoms with E-state index in [-0.39, 0.29) is 0 Å². The van der Waals surface area contributed by atoms with Crippen LogP contribution in [0.15, 0.2) is 218 Å². The van der Waals surface area contributed by atoms with Crippen molar-refractivity contribution >= 4 is 32.3 Å². The van der Waals surface area contributed by atoms with Gasteiger partial charge in [-0.15, -0.1) is 0 Å². The van der Waals surface area contributed by atoms with E-state index in [1.54, 1.807) is 0 Å². The van der Waals surface area contributed by atoms with Crippen LogP contribution in [0.3, 0.4) is 0 Å². The lowest BCUT2D eigenvalue weighted by atomic mass is 9.86. The second kappa shape index (κ2) is 13.5. The molecule has 0 heterocycles. The summed E-state index contributed by atoms with van der Waals surface area (Å²) in [5, 5.41) is 7.73. The summed E-state index contributed by atoms with van der Waals surface area (Å²) in [6.07, 6.45) is 0. The van der Waals surface area contributed by atoms with Crippen LogP contribution in [0.4, 0.5) is 0 Å². The second-order valence-corrected chi connectivity index (χ2v) is 14.1. The van der Waals surface area contributed by atoms with Crippen LogP contribution in [-0.4, -0.2) is 0 Å². The van der Waals surface area contributed by atoms with Gasteiger partial charge in [-0.25, -0.2) is 0 Å². The first-order valence-corrected chi connectivity index (χ1v) is 18.7. The summed E-state index contributed by atoms with van der Waals surface area (Å²) in [5.74, 6) is 0. The summed E-state index contributed by atoms with van der Waals surface area (Å²) in [6, 6.07) is 79.7. The molecule has 0 radical (unpaired) electrons. The maximum absolute atomic E-state index is 2.41. The molecular weight excluding hydrogens is 649 g/mol. The summed E-state index contributed by atoms with van der Waals surface area (Å²) in [4.78, 5) is 0. The van der Waals surface area contributed by atoms with Crippen LogP contribution in [0, 0.1) is 0 Å². The molecule has 0 aliphatic heterocycles. The number of fused-ring (bicyclic) bond motifs is 6. The lowest BCUT2D eigenvalue weighted by Crippen LogP contribution is -1.90. The van der Waals surface area contributed by atoms with Gasteiger partial charge in [0.25, 0.3) is 0 Å². The predicted octanol–water partition coefficient (Wildman–Crippen LogP) is 15.1. The Morgan fingerprint density at radius 1 is 0.167 bits per heavy atom. The van der Waals surface area contributed by atoms with Crippen LogP contribution >= 0.6 is 0 Å². The average molecular weight is 685 g/mol. The molecule has 0 amide bonds. The minimum Gasteiger partial charge on any atom is -0.0622 e. The van der Waals surface area contributed by atoms with Gasteiger partial charge in [-0.1, -0.05) is 182 Å². The molecule has 0 aromatic heterocycles. The number of hydrogen-bond donors (Lipinski definition) is 0. The van der Waals surface area contributed by atoms with Crippen molar-refractivity contribution in [2.24, 2.45) is 0 Å². The molecule has 0 aliphatic carbocycles. The van der Waals surface area contributed by atoms with E-state index < -0.39 is 0 Å². The van der Waals surface area contributed by atoms with E-state index >= 15 is 0 Å². The highest BCUT2D eigenvalue weighted by molar-refractivity contribution is 6.29. The summed E-state index contributed by atoms with van der Waals surface area (Å²) in [7, 11) is 0. The molecule has 0 unspecified atom stereocenters. The molecule has 0 fully saturated rings. The Hall–Kier alpha value is -7.02. The molecule has 0 nitrogen and oxygen atoms in total. The highest BCUT2D eigenvalue weighted by Gasteiger charge is 2.16. The van der Waals surface area contributed by atoms with Crippen molar-refractivity contribution in [3.05, 3.63) is 218 Å². The highest BCUT2D eigenvalue weighted by atomic mass is 14.2. The van der Waals surface area contributed by atoms with Crippen molar-refractivity contribution in [2.75, 3.05) is 0 Å². The van der Waals surface area contributed by atoms with E-state index in [1.807, 2.05) is 0 Å². The van der Waals surface area contributed by atoms with E-state index in [4.69, 9.17) is 0 Å². The first-order valence-electron chi connectivity index (χ1n) is 18.7. The molecule has 54 heavy (non-hydrogen) atoms. The molecule has 10 aromatic carbocycles. The molecule has 0 saturated heterocycles. The van der Waals surface area contributed by atoms with Crippen molar-refractivity contribution in [1.82, 2.24) is 0 Å². The molecule has 0 N–H and O–H groups in total. The second-order valence-electron chi connectivity index (χ2n) is 14.1. The highest BCUT2D eigenvalue weighted by Crippen LogP contribution is 2.43. The fourth-order valence-corrected chi connectivity index (χ4v) is 8.19. The Labute approximate surface area is 316 Å². The third-order valence-corrected chi connectivity index (χ3v) is 10.8. The van der Waals surface area contributed by atoms with Gasteiger partial charge in [0.15, 0.2) is 0 Å². The Morgan fingerprint density at radius 2 is 0.481 bits per heavy atom. The summed E-state index contributed by atoms with van der Waals surface area (Å²) >= 11 is 0. The third kappa shape index (κ3) is 5.75. The zero-order chi connectivity index (χ0) is 35.8. The van der Waals surface area contributed by atoms with E-state index in [0.717, 1.165) is 0 Å². The normalized spacial score (nSPS) is 11.3. The summed E-state index contributed by atoms with van der Waals surface area (Å²) in [6.45, 7) is 0. The van der Waals surface area contributed by atoms with Crippen LogP contribution < -0.4 is 0 Å². The largest absolute Gasteiger partial charge is 0.0622 e. The van der Waals surface area contributed by atoms with Crippen LogP contribution in [-0.2, 0) is 0 Å². The van der Waals surface area contributed by atoms with Crippen LogP contribution in [0.25, 0.3) is 99.1 Å². The van der Waals surface area contributed by atoms with Crippen molar-refractivity contribution in [2.45, 2.75) is 0 Å². The van der Waals surface area contributed by atoms with E-state index in [1.165, 1.54) is 99.1 Å². The third-order valence-electron chi connectivity index (χ3n) is 10.8. The Balaban J connectivity index is 1.07. The molecule has 0 bridgehead atoms. The fourth-order valence-electron chi connectivity index (χ4n) is 8.19. The minimum absolute atomic E-state index is 1.20. The SMILES string of the molecule is c1ccc(-c2cccc(-c3cccc(-c4cccc(-c5cccc(-c6cc(-c7ccccc7)c7c8ccccc8c8ccccc8c7c6)c5)c4)c3)c2)cc1. The Bertz CT molecular complexity index is 2970. The standard InChI is InChI=1S/C54H36/c1-3-15-37(16-4-1)39-19-11-20-40(31-39)41-21-12-22-42(32-41)43-23-13-24-44(33-43)45-25-14-26-46(34-45)47-35-52(38-17-5-2-6-18-38)54-51-30-10-9-28-49(51)48-27-7-8-29-50(48)53(54)36-47/h1-36H. The maximum Gasteiger partial charge on any atom is -0.00199 e. The van der Waals surface area contributed by atoms with Crippen LogP contribution in [0.1, 0.15) is 0 Å². The van der Waals surface area contributed by atoms with Gasteiger partial charge in [0.2, 0.25) is 0 Å². The van der Waals surface area contributed by atoms with Gasteiger partial charge in [-0.3, -0.25) is 0 Å². The van der Waals surface area contributed by atoms with Crippen molar-refractivity contribution in [1.29, 1.82) is 0 Å². The quantitative estimate of drug-likeness (QED) is 0.153. The van der Waals surface area contributed by atoms with Gasteiger partial charge in [0.1, 0.15) is 0 Å². The predicted molar refractivity (Wildman–Crippen MR) is 232 cm³/mol. The molecule has 252 valence electrons. The summed E-state index contributed by atoms with van der Waals surface area (Å²) in [5.41, 5.74) is 14.6. The topological polar surface area (TPSA) is 0 Å². The van der Waals surface area contributed by atoms with Gasteiger partial charge >= 0.3 is 0 Å². The maximum atomic E-state index is 2.41. The lowest BCUT2D eigenvalue weighted by molar-refractivity contribution is 1.56. The van der Waals surface area contributed by atoms with Crippen LogP contribution in [0.5, 0.6) is 0 Å². The zero-order valence-electron chi connectivity index (χ0n) is 29.8. The van der Waals surface area contributed by atoms with Gasteiger partial charge in [0.05, 0.1) is 0 Å². The van der Waals surface area contributed by atoms with Crippen LogP contribution in [0.2, 0.25) is 0 Å². The van der Waals surface area contributed by atoms with Crippen molar-refractivity contribution in [3.63, 3.8) is 0 Å². The molecule has 10 aromatic rings. The molecule has 10 rings (SSSR count). The van der Waals surface area contributed by atoms with Crippen molar-refractivity contribution in [3.8, 4) is 66.8 Å². The van der Waals surface area contributed by atoms with Gasteiger partial charge < -0.3 is 0 Å². The molecule has 0 spiro atoms. The summed E-state index contributed by atoms with van der Waals surface area (Å²) < 4.78 is 0. The molecule has 0 aliphatic rings. The Morgan fingerprint density at radius 3 is 0.944 bits per heavy atom. The van der Waals surface area contributed by atoms with E-state index in [0.29, 0.717) is 0 Å². The number of hydrogen-bond acceptors (Lipinski definition) is 0. The smallest absolute Gasteiger partial charge is 0.00199 e. The van der Waals surface area contributed by atoms with E-state index in [9.17, 15) is 0 Å². The van der Waals surface area contributed by atoms with E-state index in [2.05, 4.69) is 218 Å². The first kappa shape index (κ1) is 31.7. The minimum atomic E-state index is 1.20. The van der Waals surface area contributed by atoms with Gasteiger partial charge in [0, 0.05) is 0 Å². The molecule has 0 saturated carbocycles. The van der Waals surface area contributed by atoms with Crippen molar-refractivity contribution < 1.29 is 0 Å². The zero-order valence-corrected chi connectivity index (χ0v) is 29.8. The number of benzene rings is 10. The average Bonchev–Trinajstić information content (AvgIpc) is 3.27. The Kier molecular flexibility index (Phi) is 7.93. The monoisotopic (exact) mass is 684 g/mol. The van der Waals surface area contributed by atoms with Gasteiger partial charge in [-0.2, -0.15) is 0 Å². The van der Waals surface area contributed by atoms with Gasteiger partial charge in [-0.05, 0) is 135 Å². The molecular formula is C54H36. The number of rotatable bonds is 6. The molecule has 0 atom stereocenters. The fraction of sp³-hybridized carbons (Fsp3) is 0.